The van der Waals surface area contributed by atoms with Crippen molar-refractivity contribution in [2.45, 2.75) is 31.8 Å². The maximum absolute atomic E-state index is 8.99. The lowest BCUT2D eigenvalue weighted by molar-refractivity contribution is 0.208. The van der Waals surface area contributed by atoms with E-state index in [-0.39, 0.29) is 0 Å². The van der Waals surface area contributed by atoms with Gasteiger partial charge in [0.25, 0.3) is 5.95 Å². The number of hydrogen-bond donors (Lipinski definition) is 2. The molecule has 0 aromatic carbocycles. The van der Waals surface area contributed by atoms with Crippen molar-refractivity contribution in [2.75, 3.05) is 11.9 Å². The first kappa shape index (κ1) is 8.50. The first-order valence-electron chi connectivity index (χ1n) is 4.51. The van der Waals surface area contributed by atoms with E-state index in [4.69, 9.17) is 9.63 Å². The molecule has 1 aromatic rings. The Bertz CT molecular complexity index is 281. The number of aliphatic hydroxyl groups excluding tert-OH is 1. The van der Waals surface area contributed by atoms with Gasteiger partial charge in [-0.3, -0.25) is 0 Å². The fraction of sp³-hybridized carbons (Fsp3) is 0.750. The summed E-state index contributed by atoms with van der Waals surface area (Å²) in [6.45, 7) is 2.15. The van der Waals surface area contributed by atoms with Crippen LogP contribution in [0.4, 0.5) is 5.95 Å². The summed E-state index contributed by atoms with van der Waals surface area (Å²) in [5, 5.41) is 15.6. The van der Waals surface area contributed by atoms with Gasteiger partial charge >= 0.3 is 0 Å². The summed E-state index contributed by atoms with van der Waals surface area (Å²) in [4.78, 5) is 4.14. The first-order valence-corrected chi connectivity index (χ1v) is 4.51. The van der Waals surface area contributed by atoms with Crippen LogP contribution in [0.2, 0.25) is 0 Å². The van der Waals surface area contributed by atoms with Gasteiger partial charge in [-0.2, -0.15) is 4.98 Å². The topological polar surface area (TPSA) is 71.2 Å². The van der Waals surface area contributed by atoms with E-state index in [1.165, 1.54) is 0 Å². The maximum Gasteiger partial charge on any atom is 0.263 e. The van der Waals surface area contributed by atoms with Crippen molar-refractivity contribution in [3.05, 3.63) is 5.89 Å². The van der Waals surface area contributed by atoms with Crippen molar-refractivity contribution in [3.8, 4) is 0 Å². The van der Waals surface area contributed by atoms with Crippen LogP contribution in [0.15, 0.2) is 4.52 Å². The highest BCUT2D eigenvalue weighted by molar-refractivity contribution is 5.22. The van der Waals surface area contributed by atoms with Gasteiger partial charge in [0.1, 0.15) is 0 Å². The second-order valence-electron chi connectivity index (χ2n) is 3.46. The summed E-state index contributed by atoms with van der Waals surface area (Å²) in [6.07, 6.45) is 1.90. The number of aliphatic hydroxyl groups is 1. The molecular weight excluding hydrogens is 170 g/mol. The van der Waals surface area contributed by atoms with E-state index in [0.29, 0.717) is 24.3 Å². The average molecular weight is 183 g/mol. The second kappa shape index (κ2) is 3.33. The fourth-order valence-electron chi connectivity index (χ4n) is 1.04. The summed E-state index contributed by atoms with van der Waals surface area (Å²) in [6, 6.07) is 0. The SMILES string of the molecule is CC(O)CNc1noc(C2CC2)n1. The van der Waals surface area contributed by atoms with Crippen LogP contribution in [-0.2, 0) is 0 Å². The van der Waals surface area contributed by atoms with Gasteiger partial charge in [-0.05, 0) is 24.9 Å². The van der Waals surface area contributed by atoms with Crippen molar-refractivity contribution < 1.29 is 9.63 Å². The van der Waals surface area contributed by atoms with Gasteiger partial charge in [-0.1, -0.05) is 0 Å². The zero-order chi connectivity index (χ0) is 9.26. The van der Waals surface area contributed by atoms with Crippen LogP contribution in [0, 0.1) is 0 Å². The van der Waals surface area contributed by atoms with E-state index in [1.807, 2.05) is 0 Å². The molecule has 1 fully saturated rings. The molecule has 0 radical (unpaired) electrons. The third-order valence-corrected chi connectivity index (χ3v) is 1.92. The zero-order valence-electron chi connectivity index (χ0n) is 7.53. The van der Waals surface area contributed by atoms with Gasteiger partial charge in [0.15, 0.2) is 0 Å². The Morgan fingerprint density at radius 3 is 3.08 bits per heavy atom. The third kappa shape index (κ3) is 2.18. The maximum atomic E-state index is 8.99. The molecule has 1 aromatic heterocycles. The van der Waals surface area contributed by atoms with Crippen molar-refractivity contribution in [1.82, 2.24) is 10.1 Å². The van der Waals surface area contributed by atoms with E-state index in [0.717, 1.165) is 12.8 Å². The summed E-state index contributed by atoms with van der Waals surface area (Å²) >= 11 is 0. The van der Waals surface area contributed by atoms with Crippen LogP contribution >= 0.6 is 0 Å². The van der Waals surface area contributed by atoms with Crippen molar-refractivity contribution in [2.24, 2.45) is 0 Å². The molecule has 0 aliphatic heterocycles. The first-order chi connectivity index (χ1) is 6.25. The molecule has 72 valence electrons. The van der Waals surface area contributed by atoms with Gasteiger partial charge in [0.05, 0.1) is 6.10 Å². The normalized spacial score (nSPS) is 18.6. The minimum atomic E-state index is -0.400. The Labute approximate surface area is 76.1 Å². The molecule has 2 N–H and O–H groups in total. The molecule has 5 nitrogen and oxygen atoms in total. The predicted molar refractivity (Wildman–Crippen MR) is 46.4 cm³/mol. The molecule has 0 amide bonds. The Balaban J connectivity index is 1.89. The van der Waals surface area contributed by atoms with Crippen LogP contribution < -0.4 is 5.32 Å². The molecule has 2 rings (SSSR count). The molecule has 0 spiro atoms. The van der Waals surface area contributed by atoms with Crippen molar-refractivity contribution in [1.29, 1.82) is 0 Å². The van der Waals surface area contributed by atoms with Gasteiger partial charge in [-0.15, -0.1) is 0 Å². The number of rotatable bonds is 4. The summed E-state index contributed by atoms with van der Waals surface area (Å²) in [5.41, 5.74) is 0. The van der Waals surface area contributed by atoms with Gasteiger partial charge in [0, 0.05) is 12.5 Å². The average Bonchev–Trinajstić information content (AvgIpc) is 2.83. The highest BCUT2D eigenvalue weighted by Gasteiger charge is 2.29. The minimum absolute atomic E-state index is 0.400. The Morgan fingerprint density at radius 2 is 2.46 bits per heavy atom. The van der Waals surface area contributed by atoms with E-state index < -0.39 is 6.10 Å². The number of nitrogens with zero attached hydrogens (tertiary/aromatic N) is 2. The number of anilines is 1. The van der Waals surface area contributed by atoms with Gasteiger partial charge in [-0.25, -0.2) is 0 Å². The van der Waals surface area contributed by atoms with E-state index in [1.54, 1.807) is 6.92 Å². The Kier molecular flexibility index (Phi) is 2.18. The molecular formula is C8H13N3O2. The van der Waals surface area contributed by atoms with Gasteiger partial charge in [0.2, 0.25) is 5.89 Å². The van der Waals surface area contributed by atoms with E-state index in [2.05, 4.69) is 15.5 Å². The fourth-order valence-corrected chi connectivity index (χ4v) is 1.04. The van der Waals surface area contributed by atoms with Crippen molar-refractivity contribution in [3.63, 3.8) is 0 Å². The molecule has 1 unspecified atom stereocenters. The predicted octanol–water partition coefficient (Wildman–Crippen LogP) is 0.740. The molecule has 1 saturated carbocycles. The third-order valence-electron chi connectivity index (χ3n) is 1.92. The van der Waals surface area contributed by atoms with Crippen LogP contribution in [0.3, 0.4) is 0 Å². The summed E-state index contributed by atoms with van der Waals surface area (Å²) < 4.78 is 5.02. The lowest BCUT2D eigenvalue weighted by atomic mass is 10.4. The van der Waals surface area contributed by atoms with E-state index >= 15 is 0 Å². The molecule has 1 atom stereocenters. The van der Waals surface area contributed by atoms with E-state index in [9.17, 15) is 0 Å². The standard InChI is InChI=1S/C8H13N3O2/c1-5(12)4-9-8-10-7(13-11-8)6-2-3-6/h5-6,12H,2-4H2,1H3,(H,9,11). The Hall–Kier alpha value is -1.10. The van der Waals surface area contributed by atoms with Crippen molar-refractivity contribution >= 4 is 5.95 Å². The zero-order valence-corrected chi connectivity index (χ0v) is 7.53. The largest absolute Gasteiger partial charge is 0.392 e. The van der Waals surface area contributed by atoms with Crippen LogP contribution in [0.1, 0.15) is 31.6 Å². The second-order valence-corrected chi connectivity index (χ2v) is 3.46. The lowest BCUT2D eigenvalue weighted by Gasteiger charge is -2.01. The highest BCUT2D eigenvalue weighted by atomic mass is 16.5. The quantitative estimate of drug-likeness (QED) is 0.720. The monoisotopic (exact) mass is 183 g/mol. The summed E-state index contributed by atoms with van der Waals surface area (Å²) in [7, 11) is 0. The highest BCUT2D eigenvalue weighted by Crippen LogP contribution is 2.39. The molecule has 1 aliphatic rings. The van der Waals surface area contributed by atoms with Gasteiger partial charge < -0.3 is 14.9 Å². The number of nitrogens with one attached hydrogen (secondary N) is 1. The van der Waals surface area contributed by atoms with Crippen LogP contribution in [0.25, 0.3) is 0 Å². The summed E-state index contributed by atoms with van der Waals surface area (Å²) in [5.74, 6) is 1.67. The molecule has 13 heavy (non-hydrogen) atoms. The molecule has 0 saturated heterocycles. The molecule has 1 heterocycles. The Morgan fingerprint density at radius 1 is 1.69 bits per heavy atom. The molecule has 5 heteroatoms. The molecule has 1 aliphatic carbocycles. The lowest BCUT2D eigenvalue weighted by Crippen LogP contribution is -2.15. The van der Waals surface area contributed by atoms with Crippen LogP contribution in [0.5, 0.6) is 0 Å². The van der Waals surface area contributed by atoms with Crippen LogP contribution in [-0.4, -0.2) is 27.9 Å². The number of hydrogen-bond acceptors (Lipinski definition) is 5. The number of aromatic nitrogens is 2. The smallest absolute Gasteiger partial charge is 0.263 e. The minimum Gasteiger partial charge on any atom is -0.392 e. The molecule has 0 bridgehead atoms.